The molecule has 2 aliphatic heterocycles. The van der Waals surface area contributed by atoms with E-state index in [-0.39, 0.29) is 0 Å². The van der Waals surface area contributed by atoms with Crippen LogP contribution >= 0.6 is 0 Å². The van der Waals surface area contributed by atoms with Gasteiger partial charge in [-0.05, 0) is 6.42 Å². The maximum absolute atomic E-state index is 5.53. The highest BCUT2D eigenvalue weighted by atomic mass is 16.5. The number of rotatable bonds is 1. The van der Waals surface area contributed by atoms with Crippen LogP contribution in [0.15, 0.2) is 0 Å². The molecule has 0 spiro atoms. The molecule has 3 N–H and O–H groups in total. The smallest absolute Gasteiger partial charge is 0.0623 e. The molecule has 0 saturated carbocycles. The fourth-order valence-corrected chi connectivity index (χ4v) is 1.92. The second-order valence-corrected chi connectivity index (χ2v) is 3.24. The van der Waals surface area contributed by atoms with Crippen molar-refractivity contribution in [1.82, 2.24) is 5.32 Å². The van der Waals surface area contributed by atoms with Crippen LogP contribution in [0.2, 0.25) is 0 Å². The Hall–Kier alpha value is -0.120. The van der Waals surface area contributed by atoms with Gasteiger partial charge in [0.15, 0.2) is 0 Å². The lowest BCUT2D eigenvalue weighted by molar-refractivity contribution is 0.172. The third kappa shape index (κ3) is 0.944. The maximum atomic E-state index is 5.53. The summed E-state index contributed by atoms with van der Waals surface area (Å²) in [5.41, 5.74) is 5.53. The highest BCUT2D eigenvalue weighted by Gasteiger charge is 2.36. The maximum Gasteiger partial charge on any atom is 0.0623 e. The Labute approximate surface area is 60.9 Å². The monoisotopic (exact) mass is 142 g/mol. The Morgan fingerprint density at radius 3 is 3.10 bits per heavy atom. The van der Waals surface area contributed by atoms with E-state index in [1.54, 1.807) is 0 Å². The molecular weight excluding hydrogens is 128 g/mol. The number of ether oxygens (including phenoxy) is 1. The SMILES string of the molecule is NCC1CC2COCC2N1. The van der Waals surface area contributed by atoms with Crippen LogP contribution < -0.4 is 11.1 Å². The number of hydrogen-bond acceptors (Lipinski definition) is 3. The van der Waals surface area contributed by atoms with Gasteiger partial charge in [-0.3, -0.25) is 0 Å². The van der Waals surface area contributed by atoms with E-state index in [2.05, 4.69) is 5.32 Å². The van der Waals surface area contributed by atoms with Gasteiger partial charge in [-0.2, -0.15) is 0 Å². The molecule has 2 heterocycles. The predicted molar refractivity (Wildman–Crippen MR) is 38.7 cm³/mol. The van der Waals surface area contributed by atoms with Crippen molar-refractivity contribution in [1.29, 1.82) is 0 Å². The summed E-state index contributed by atoms with van der Waals surface area (Å²) >= 11 is 0. The molecule has 0 aromatic rings. The molecule has 3 atom stereocenters. The van der Waals surface area contributed by atoms with Crippen molar-refractivity contribution >= 4 is 0 Å². The van der Waals surface area contributed by atoms with Crippen molar-refractivity contribution in [2.24, 2.45) is 11.7 Å². The van der Waals surface area contributed by atoms with Crippen molar-refractivity contribution in [2.75, 3.05) is 19.8 Å². The van der Waals surface area contributed by atoms with E-state index in [0.29, 0.717) is 12.1 Å². The number of hydrogen-bond donors (Lipinski definition) is 2. The molecule has 2 saturated heterocycles. The summed E-state index contributed by atoms with van der Waals surface area (Å²) in [6.07, 6.45) is 1.21. The Kier molecular flexibility index (Phi) is 1.64. The van der Waals surface area contributed by atoms with Gasteiger partial charge in [0.2, 0.25) is 0 Å². The first kappa shape index (κ1) is 6.58. The molecule has 0 aliphatic carbocycles. The van der Waals surface area contributed by atoms with Crippen LogP contribution in [0.4, 0.5) is 0 Å². The zero-order valence-corrected chi connectivity index (χ0v) is 6.05. The summed E-state index contributed by atoms with van der Waals surface area (Å²) in [4.78, 5) is 0. The number of fused-ring (bicyclic) bond motifs is 1. The van der Waals surface area contributed by atoms with Crippen molar-refractivity contribution in [3.63, 3.8) is 0 Å². The third-order valence-electron chi connectivity index (χ3n) is 2.52. The molecule has 3 unspecified atom stereocenters. The molecule has 0 bridgehead atoms. The van der Waals surface area contributed by atoms with E-state index in [0.717, 1.165) is 25.7 Å². The second-order valence-electron chi connectivity index (χ2n) is 3.24. The van der Waals surface area contributed by atoms with Crippen molar-refractivity contribution < 1.29 is 4.74 Å². The Morgan fingerprint density at radius 1 is 1.50 bits per heavy atom. The molecule has 2 rings (SSSR count). The molecule has 0 radical (unpaired) electrons. The molecule has 0 aromatic carbocycles. The van der Waals surface area contributed by atoms with Gasteiger partial charge in [0.1, 0.15) is 0 Å². The lowest BCUT2D eigenvalue weighted by Gasteiger charge is -2.08. The van der Waals surface area contributed by atoms with Crippen LogP contribution in [-0.2, 0) is 4.74 Å². The minimum Gasteiger partial charge on any atom is -0.379 e. The largest absolute Gasteiger partial charge is 0.379 e. The molecule has 3 heteroatoms. The van der Waals surface area contributed by atoms with Gasteiger partial charge >= 0.3 is 0 Å². The zero-order chi connectivity index (χ0) is 6.97. The van der Waals surface area contributed by atoms with E-state index in [4.69, 9.17) is 10.5 Å². The summed E-state index contributed by atoms with van der Waals surface area (Å²) in [6.45, 7) is 2.60. The van der Waals surface area contributed by atoms with Crippen LogP contribution in [0.3, 0.4) is 0 Å². The van der Waals surface area contributed by atoms with Crippen LogP contribution in [-0.4, -0.2) is 31.8 Å². The zero-order valence-electron chi connectivity index (χ0n) is 6.05. The third-order valence-corrected chi connectivity index (χ3v) is 2.52. The van der Waals surface area contributed by atoms with Crippen molar-refractivity contribution in [2.45, 2.75) is 18.5 Å². The van der Waals surface area contributed by atoms with Gasteiger partial charge in [0.05, 0.1) is 13.2 Å². The average molecular weight is 142 g/mol. The summed E-state index contributed by atoms with van der Waals surface area (Å²) in [7, 11) is 0. The Bertz CT molecular complexity index is 117. The highest BCUT2D eigenvalue weighted by Crippen LogP contribution is 2.25. The van der Waals surface area contributed by atoms with E-state index in [1.807, 2.05) is 0 Å². The van der Waals surface area contributed by atoms with E-state index in [9.17, 15) is 0 Å². The fourth-order valence-electron chi connectivity index (χ4n) is 1.92. The minimum atomic E-state index is 0.555. The van der Waals surface area contributed by atoms with Gasteiger partial charge in [-0.25, -0.2) is 0 Å². The summed E-state index contributed by atoms with van der Waals surface area (Å²) < 4.78 is 5.30. The number of nitrogens with two attached hydrogens (primary N) is 1. The first-order valence-corrected chi connectivity index (χ1v) is 3.94. The molecule has 2 aliphatic rings. The van der Waals surface area contributed by atoms with Crippen molar-refractivity contribution in [3.05, 3.63) is 0 Å². The normalized spacial score (nSPS) is 45.9. The first-order chi connectivity index (χ1) is 4.90. The van der Waals surface area contributed by atoms with Crippen LogP contribution in [0.5, 0.6) is 0 Å². The fraction of sp³-hybridized carbons (Fsp3) is 1.00. The summed E-state index contributed by atoms with van der Waals surface area (Å²) in [5.74, 6) is 0.744. The van der Waals surface area contributed by atoms with E-state index < -0.39 is 0 Å². The molecular formula is C7H14N2O. The van der Waals surface area contributed by atoms with Gasteiger partial charge < -0.3 is 15.8 Å². The van der Waals surface area contributed by atoms with Gasteiger partial charge in [-0.15, -0.1) is 0 Å². The van der Waals surface area contributed by atoms with Gasteiger partial charge in [0, 0.05) is 24.5 Å². The number of nitrogens with one attached hydrogen (secondary N) is 1. The van der Waals surface area contributed by atoms with Crippen molar-refractivity contribution in [3.8, 4) is 0 Å². The highest BCUT2D eigenvalue weighted by molar-refractivity contribution is 4.93. The van der Waals surface area contributed by atoms with Gasteiger partial charge in [0.25, 0.3) is 0 Å². The molecule has 0 aromatic heterocycles. The predicted octanol–water partition coefficient (Wildman–Crippen LogP) is -0.678. The first-order valence-electron chi connectivity index (χ1n) is 3.94. The summed E-state index contributed by atoms with van der Waals surface area (Å²) in [6, 6.07) is 1.16. The van der Waals surface area contributed by atoms with Crippen LogP contribution in [0, 0.1) is 5.92 Å². The topological polar surface area (TPSA) is 47.3 Å². The second kappa shape index (κ2) is 2.49. The van der Waals surface area contributed by atoms with Crippen LogP contribution in [0.1, 0.15) is 6.42 Å². The molecule has 2 fully saturated rings. The molecule has 58 valence electrons. The van der Waals surface area contributed by atoms with Crippen LogP contribution in [0.25, 0.3) is 0 Å². The minimum absolute atomic E-state index is 0.555. The van der Waals surface area contributed by atoms with E-state index >= 15 is 0 Å². The molecule has 10 heavy (non-hydrogen) atoms. The summed E-state index contributed by atoms with van der Waals surface area (Å²) in [5, 5.41) is 3.45. The Morgan fingerprint density at radius 2 is 2.40 bits per heavy atom. The molecule has 0 amide bonds. The molecule has 3 nitrogen and oxygen atoms in total. The van der Waals surface area contributed by atoms with Gasteiger partial charge in [-0.1, -0.05) is 0 Å². The quantitative estimate of drug-likeness (QED) is 0.510. The lowest BCUT2D eigenvalue weighted by Crippen LogP contribution is -2.36. The Balaban J connectivity index is 1.94. The lowest BCUT2D eigenvalue weighted by atomic mass is 10.0. The average Bonchev–Trinajstić information content (AvgIpc) is 2.42. The standard InChI is InChI=1S/C7H14N2O/c8-2-6-1-5-3-10-4-7(5)9-6/h5-7,9H,1-4,8H2. The van der Waals surface area contributed by atoms with E-state index in [1.165, 1.54) is 6.42 Å².